The largest absolute Gasteiger partial charge is 0.342 e. The number of nitrogens with one attached hydrogen (secondary N) is 1. The number of benzene rings is 1. The maximum absolute atomic E-state index is 12.4. The van der Waals surface area contributed by atoms with Gasteiger partial charge >= 0.3 is 0 Å². The van der Waals surface area contributed by atoms with Crippen molar-refractivity contribution in [3.8, 4) is 0 Å². The first-order valence-electron chi connectivity index (χ1n) is 9.41. The highest BCUT2D eigenvalue weighted by Crippen LogP contribution is 2.30. The van der Waals surface area contributed by atoms with E-state index in [0.717, 1.165) is 35.6 Å². The monoisotopic (exact) mass is 386 g/mol. The van der Waals surface area contributed by atoms with Gasteiger partial charge in [-0.25, -0.2) is 0 Å². The number of hydrogen-bond acceptors (Lipinski definition) is 5. The van der Waals surface area contributed by atoms with Crippen LogP contribution in [0.3, 0.4) is 0 Å². The van der Waals surface area contributed by atoms with Crippen LogP contribution in [0.5, 0.6) is 0 Å². The molecule has 1 fully saturated rings. The molecule has 0 unspecified atom stereocenters. The van der Waals surface area contributed by atoms with Gasteiger partial charge in [0.1, 0.15) is 5.01 Å². The smallest absolute Gasteiger partial charge is 0.286 e. The molecule has 144 valence electrons. The average Bonchev–Trinajstić information content (AvgIpc) is 3.13. The summed E-state index contributed by atoms with van der Waals surface area (Å²) in [6, 6.07) is 7.64. The van der Waals surface area contributed by atoms with Crippen LogP contribution in [0.1, 0.15) is 59.4 Å². The predicted molar refractivity (Wildman–Crippen MR) is 107 cm³/mol. The zero-order valence-corrected chi connectivity index (χ0v) is 16.9. The lowest BCUT2D eigenvalue weighted by molar-refractivity contribution is -0.133. The number of likely N-dealkylation sites (tertiary alicyclic amines) is 1. The summed E-state index contributed by atoms with van der Waals surface area (Å²) in [6.45, 7) is 7.59. The van der Waals surface area contributed by atoms with Crippen molar-refractivity contribution in [3.05, 3.63) is 39.8 Å². The standard InChI is InChI=1S/C20H26N4O2S/c1-13(2)11-17(25)24-10-4-5-15(12-24)19-22-23-20(27-19)18(26)21-16-8-6-14(3)7-9-16/h6-9,13,15H,4-5,10-12H2,1-3H3,(H,21,26)/t15-/m0/s1. The molecule has 0 aliphatic carbocycles. The minimum Gasteiger partial charge on any atom is -0.342 e. The number of piperidine rings is 1. The first kappa shape index (κ1) is 19.5. The van der Waals surface area contributed by atoms with Crippen LogP contribution < -0.4 is 5.32 Å². The second kappa shape index (κ2) is 8.61. The lowest BCUT2D eigenvalue weighted by atomic mass is 9.98. The molecule has 1 aromatic heterocycles. The maximum Gasteiger partial charge on any atom is 0.286 e. The number of aryl methyl sites for hydroxylation is 1. The van der Waals surface area contributed by atoms with E-state index < -0.39 is 0 Å². The van der Waals surface area contributed by atoms with Crippen LogP contribution in [0.4, 0.5) is 5.69 Å². The molecule has 0 saturated carbocycles. The fourth-order valence-corrected chi connectivity index (χ4v) is 4.06. The number of hydrogen-bond donors (Lipinski definition) is 1. The molecular formula is C20H26N4O2S. The van der Waals surface area contributed by atoms with Crippen molar-refractivity contribution in [1.82, 2.24) is 15.1 Å². The van der Waals surface area contributed by atoms with Crippen LogP contribution in [-0.2, 0) is 4.79 Å². The zero-order chi connectivity index (χ0) is 19.4. The Morgan fingerprint density at radius 1 is 1.26 bits per heavy atom. The lowest BCUT2D eigenvalue weighted by Gasteiger charge is -2.32. The molecule has 1 aromatic carbocycles. The fraction of sp³-hybridized carbons (Fsp3) is 0.500. The molecule has 2 amide bonds. The van der Waals surface area contributed by atoms with Crippen molar-refractivity contribution in [1.29, 1.82) is 0 Å². The molecule has 1 atom stereocenters. The van der Waals surface area contributed by atoms with Crippen molar-refractivity contribution in [2.75, 3.05) is 18.4 Å². The van der Waals surface area contributed by atoms with Crippen molar-refractivity contribution in [2.45, 2.75) is 46.0 Å². The van der Waals surface area contributed by atoms with Gasteiger partial charge < -0.3 is 10.2 Å². The molecule has 0 spiro atoms. The Hall–Kier alpha value is -2.28. The van der Waals surface area contributed by atoms with Crippen molar-refractivity contribution < 1.29 is 9.59 Å². The summed E-state index contributed by atoms with van der Waals surface area (Å²) < 4.78 is 0. The first-order valence-corrected chi connectivity index (χ1v) is 10.2. The molecule has 6 nitrogen and oxygen atoms in total. The molecule has 1 saturated heterocycles. The molecule has 2 aromatic rings. The van der Waals surface area contributed by atoms with E-state index in [0.29, 0.717) is 23.9 Å². The summed E-state index contributed by atoms with van der Waals surface area (Å²) >= 11 is 1.33. The topological polar surface area (TPSA) is 75.2 Å². The van der Waals surface area contributed by atoms with E-state index in [1.54, 1.807) is 0 Å². The number of carbonyl (C=O) groups excluding carboxylic acids is 2. The van der Waals surface area contributed by atoms with E-state index in [2.05, 4.69) is 29.4 Å². The number of amides is 2. The highest BCUT2D eigenvalue weighted by Gasteiger charge is 2.28. The molecule has 0 radical (unpaired) electrons. The number of anilines is 1. The minimum absolute atomic E-state index is 0.160. The normalized spacial score (nSPS) is 17.2. The van der Waals surface area contributed by atoms with Crippen LogP contribution >= 0.6 is 11.3 Å². The van der Waals surface area contributed by atoms with E-state index in [4.69, 9.17) is 0 Å². The van der Waals surface area contributed by atoms with Crippen molar-refractivity contribution in [3.63, 3.8) is 0 Å². The SMILES string of the molecule is Cc1ccc(NC(=O)c2nnc([C@H]3CCCN(C(=O)CC(C)C)C3)s2)cc1. The average molecular weight is 387 g/mol. The van der Waals surface area contributed by atoms with Gasteiger partial charge in [-0.05, 0) is 37.8 Å². The van der Waals surface area contributed by atoms with Gasteiger partial charge in [-0.1, -0.05) is 42.9 Å². The van der Waals surface area contributed by atoms with Gasteiger partial charge in [0.25, 0.3) is 5.91 Å². The van der Waals surface area contributed by atoms with Crippen LogP contribution in [0.25, 0.3) is 0 Å². The fourth-order valence-electron chi connectivity index (χ4n) is 3.20. The summed E-state index contributed by atoms with van der Waals surface area (Å²) in [5, 5.41) is 12.4. The maximum atomic E-state index is 12.4. The van der Waals surface area contributed by atoms with E-state index in [1.165, 1.54) is 11.3 Å². The molecule has 0 bridgehead atoms. The molecule has 1 N–H and O–H groups in total. The molecule has 27 heavy (non-hydrogen) atoms. The number of rotatable bonds is 5. The predicted octanol–water partition coefficient (Wildman–Crippen LogP) is 3.85. The van der Waals surface area contributed by atoms with Crippen molar-refractivity contribution in [2.24, 2.45) is 5.92 Å². The van der Waals surface area contributed by atoms with Crippen molar-refractivity contribution >= 4 is 28.8 Å². The Morgan fingerprint density at radius 2 is 2.00 bits per heavy atom. The zero-order valence-electron chi connectivity index (χ0n) is 16.1. The van der Waals surface area contributed by atoms with Gasteiger partial charge in [0.15, 0.2) is 0 Å². The summed E-state index contributed by atoms with van der Waals surface area (Å²) in [7, 11) is 0. The number of aromatic nitrogens is 2. The van der Waals surface area contributed by atoms with E-state index >= 15 is 0 Å². The Bertz CT molecular complexity index is 801. The van der Waals surface area contributed by atoms with E-state index in [1.807, 2.05) is 36.1 Å². The second-order valence-electron chi connectivity index (χ2n) is 7.54. The van der Waals surface area contributed by atoms with E-state index in [-0.39, 0.29) is 17.7 Å². The summed E-state index contributed by atoms with van der Waals surface area (Å²) in [4.78, 5) is 26.7. The highest BCUT2D eigenvalue weighted by molar-refractivity contribution is 7.13. The van der Waals surface area contributed by atoms with Gasteiger partial charge in [-0.15, -0.1) is 10.2 Å². The van der Waals surface area contributed by atoms with Crippen LogP contribution in [0.2, 0.25) is 0 Å². The second-order valence-corrected chi connectivity index (χ2v) is 8.55. The van der Waals surface area contributed by atoms with E-state index in [9.17, 15) is 9.59 Å². The van der Waals surface area contributed by atoms with Gasteiger partial charge in [0.2, 0.25) is 10.9 Å². The van der Waals surface area contributed by atoms with Gasteiger partial charge in [-0.2, -0.15) is 0 Å². The Labute approximate surface area is 164 Å². The quantitative estimate of drug-likeness (QED) is 0.847. The summed E-state index contributed by atoms with van der Waals surface area (Å²) in [6.07, 6.45) is 2.51. The molecular weight excluding hydrogens is 360 g/mol. The van der Waals surface area contributed by atoms with Crippen LogP contribution in [0, 0.1) is 12.8 Å². The summed E-state index contributed by atoms with van der Waals surface area (Å²) in [5.74, 6) is 0.479. The van der Waals surface area contributed by atoms with Gasteiger partial charge in [0, 0.05) is 31.1 Å². The highest BCUT2D eigenvalue weighted by atomic mass is 32.1. The molecule has 1 aliphatic heterocycles. The van der Waals surface area contributed by atoms with Crippen LogP contribution in [-0.4, -0.2) is 40.0 Å². The Morgan fingerprint density at radius 3 is 2.70 bits per heavy atom. The van der Waals surface area contributed by atoms with Gasteiger partial charge in [-0.3, -0.25) is 9.59 Å². The number of carbonyl (C=O) groups is 2. The van der Waals surface area contributed by atoms with Crippen LogP contribution in [0.15, 0.2) is 24.3 Å². The third-order valence-corrected chi connectivity index (χ3v) is 5.74. The first-order chi connectivity index (χ1) is 12.9. The molecule has 2 heterocycles. The lowest BCUT2D eigenvalue weighted by Crippen LogP contribution is -2.39. The number of nitrogens with zero attached hydrogens (tertiary/aromatic N) is 3. The molecule has 3 rings (SSSR count). The Balaban J connectivity index is 1.63. The molecule has 7 heteroatoms. The van der Waals surface area contributed by atoms with Gasteiger partial charge in [0.05, 0.1) is 0 Å². The Kier molecular flexibility index (Phi) is 6.21. The third kappa shape index (κ3) is 5.13. The minimum atomic E-state index is -0.244. The summed E-state index contributed by atoms with van der Waals surface area (Å²) in [5.41, 5.74) is 1.88. The third-order valence-electron chi connectivity index (χ3n) is 4.65. The molecule has 1 aliphatic rings.